The molecule has 0 aliphatic rings. The average Bonchev–Trinajstić information content (AvgIpc) is 2.33. The minimum atomic E-state index is -2.54. The van der Waals surface area contributed by atoms with Crippen LogP contribution in [0.1, 0.15) is 20.3 Å². The van der Waals surface area contributed by atoms with E-state index in [4.69, 9.17) is 19.0 Å². The molecule has 0 aromatic rings. The van der Waals surface area contributed by atoms with Gasteiger partial charge in [-0.1, -0.05) is 6.92 Å². The summed E-state index contributed by atoms with van der Waals surface area (Å²) >= 11 is 0. The lowest BCUT2D eigenvalue weighted by Gasteiger charge is -2.36. The van der Waals surface area contributed by atoms with Crippen LogP contribution in [0.5, 0.6) is 0 Å². The second-order valence-corrected chi connectivity index (χ2v) is 8.46. The fraction of sp³-hybridized carbons (Fsp3) is 1.00. The van der Waals surface area contributed by atoms with Crippen LogP contribution in [0.3, 0.4) is 0 Å². The van der Waals surface area contributed by atoms with Gasteiger partial charge in [-0.05, 0) is 39.9 Å². The molecule has 2 N–H and O–H groups in total. The molecule has 0 aromatic heterocycles. The number of nitrogens with two attached hydrogens (primary N) is 1. The van der Waals surface area contributed by atoms with Gasteiger partial charge in [0.25, 0.3) is 0 Å². The van der Waals surface area contributed by atoms with E-state index in [1.807, 2.05) is 0 Å². The first-order valence-corrected chi connectivity index (χ1v) is 8.25. The molecule has 0 radical (unpaired) electrons. The predicted octanol–water partition coefficient (Wildman–Crippen LogP) is 1.17. The molecule has 2 unspecified atom stereocenters. The standard InChI is InChI=1S/C12H30N2O3Si/c1-11(10-18(15-5,16-6)17-7)12(2,13)8-9-14(3)4/h11H,8-10,13H2,1-7H3. The van der Waals surface area contributed by atoms with Crippen molar-refractivity contribution in [3.05, 3.63) is 0 Å². The Labute approximate surface area is 113 Å². The number of hydrogen-bond acceptors (Lipinski definition) is 5. The summed E-state index contributed by atoms with van der Waals surface area (Å²) in [6.07, 6.45) is 0.933. The molecule has 0 aromatic carbocycles. The van der Waals surface area contributed by atoms with E-state index in [9.17, 15) is 0 Å². The van der Waals surface area contributed by atoms with E-state index in [1.165, 1.54) is 0 Å². The quantitative estimate of drug-likeness (QED) is 0.642. The highest BCUT2D eigenvalue weighted by atomic mass is 28.4. The van der Waals surface area contributed by atoms with Crippen molar-refractivity contribution in [2.75, 3.05) is 42.0 Å². The van der Waals surface area contributed by atoms with E-state index in [0.29, 0.717) is 0 Å². The zero-order valence-electron chi connectivity index (χ0n) is 12.9. The van der Waals surface area contributed by atoms with E-state index in [0.717, 1.165) is 19.0 Å². The Morgan fingerprint density at radius 1 is 1.17 bits per heavy atom. The van der Waals surface area contributed by atoms with Crippen LogP contribution >= 0.6 is 0 Å². The first kappa shape index (κ1) is 18.0. The van der Waals surface area contributed by atoms with Gasteiger partial charge < -0.3 is 23.9 Å². The van der Waals surface area contributed by atoms with Crippen molar-refractivity contribution in [2.24, 2.45) is 11.7 Å². The van der Waals surface area contributed by atoms with Crippen molar-refractivity contribution in [3.8, 4) is 0 Å². The van der Waals surface area contributed by atoms with E-state index in [-0.39, 0.29) is 11.5 Å². The van der Waals surface area contributed by atoms with Crippen molar-refractivity contribution < 1.29 is 13.3 Å². The van der Waals surface area contributed by atoms with E-state index >= 15 is 0 Å². The van der Waals surface area contributed by atoms with Crippen molar-refractivity contribution in [1.29, 1.82) is 0 Å². The molecule has 5 nitrogen and oxygen atoms in total. The third-order valence-electron chi connectivity index (χ3n) is 3.71. The van der Waals surface area contributed by atoms with Crippen LogP contribution < -0.4 is 5.73 Å². The average molecular weight is 278 g/mol. The second kappa shape index (κ2) is 7.57. The lowest BCUT2D eigenvalue weighted by Crippen LogP contribution is -2.51. The zero-order valence-corrected chi connectivity index (χ0v) is 13.9. The minimum absolute atomic E-state index is 0.252. The second-order valence-electron chi connectivity index (χ2n) is 5.46. The van der Waals surface area contributed by atoms with Crippen molar-refractivity contribution in [2.45, 2.75) is 31.9 Å². The van der Waals surface area contributed by atoms with E-state index in [1.54, 1.807) is 21.3 Å². The molecule has 0 heterocycles. The van der Waals surface area contributed by atoms with Gasteiger partial charge in [0, 0.05) is 32.9 Å². The molecule has 0 rings (SSSR count). The number of rotatable bonds is 9. The molecule has 2 atom stereocenters. The predicted molar refractivity (Wildman–Crippen MR) is 76.5 cm³/mol. The van der Waals surface area contributed by atoms with Crippen LogP contribution in [0.4, 0.5) is 0 Å². The Bertz CT molecular complexity index is 225. The summed E-state index contributed by atoms with van der Waals surface area (Å²) in [7, 11) is 6.49. The molecule has 0 aliphatic heterocycles. The third-order valence-corrected chi connectivity index (χ3v) is 6.69. The SMILES string of the molecule is CO[Si](CC(C)C(C)(N)CCN(C)C)(OC)OC. The Morgan fingerprint density at radius 3 is 1.94 bits per heavy atom. The third kappa shape index (κ3) is 5.34. The topological polar surface area (TPSA) is 57.0 Å². The largest absolute Gasteiger partial charge is 0.500 e. The van der Waals surface area contributed by atoms with Gasteiger partial charge in [-0.2, -0.15) is 0 Å². The molecule has 110 valence electrons. The summed E-state index contributed by atoms with van der Waals surface area (Å²) in [6.45, 7) is 5.19. The van der Waals surface area contributed by atoms with Crippen molar-refractivity contribution in [1.82, 2.24) is 4.90 Å². The summed E-state index contributed by atoms with van der Waals surface area (Å²) in [6, 6.07) is 0.733. The highest BCUT2D eigenvalue weighted by Crippen LogP contribution is 2.28. The van der Waals surface area contributed by atoms with Gasteiger partial charge >= 0.3 is 8.80 Å². The monoisotopic (exact) mass is 278 g/mol. The fourth-order valence-electron chi connectivity index (χ4n) is 1.82. The number of hydrogen-bond donors (Lipinski definition) is 1. The highest BCUT2D eigenvalue weighted by Gasteiger charge is 2.43. The van der Waals surface area contributed by atoms with E-state index < -0.39 is 8.80 Å². The summed E-state index contributed by atoms with van der Waals surface area (Å²) in [5.74, 6) is 0.268. The van der Waals surface area contributed by atoms with Gasteiger partial charge in [-0.3, -0.25) is 0 Å². The van der Waals surface area contributed by atoms with Gasteiger partial charge in [0.2, 0.25) is 0 Å². The molecular weight excluding hydrogens is 248 g/mol. The van der Waals surface area contributed by atoms with Crippen LogP contribution in [-0.2, 0) is 13.3 Å². The Morgan fingerprint density at radius 2 is 1.61 bits per heavy atom. The van der Waals surface area contributed by atoms with Crippen LogP contribution in [0.2, 0.25) is 6.04 Å². The Hall–Kier alpha value is 0.0169. The zero-order chi connectivity index (χ0) is 14.4. The maximum Gasteiger partial charge on any atom is 0.500 e. The number of nitrogens with zero attached hydrogens (tertiary/aromatic N) is 1. The summed E-state index contributed by atoms with van der Waals surface area (Å²) in [4.78, 5) is 2.14. The van der Waals surface area contributed by atoms with Crippen LogP contribution in [-0.4, -0.2) is 61.2 Å². The molecule has 0 saturated heterocycles. The van der Waals surface area contributed by atoms with Gasteiger partial charge in [0.1, 0.15) is 0 Å². The molecule has 0 aliphatic carbocycles. The summed E-state index contributed by atoms with van der Waals surface area (Å²) in [5.41, 5.74) is 6.16. The molecular formula is C12H30N2O3Si. The smallest absolute Gasteiger partial charge is 0.377 e. The molecule has 0 fully saturated rings. The first-order valence-electron chi connectivity index (χ1n) is 6.32. The molecule has 0 bridgehead atoms. The maximum atomic E-state index is 6.41. The van der Waals surface area contributed by atoms with E-state index in [2.05, 4.69) is 32.8 Å². The molecule has 0 saturated carbocycles. The minimum Gasteiger partial charge on any atom is -0.377 e. The summed E-state index contributed by atoms with van der Waals surface area (Å²) < 4.78 is 16.4. The Balaban J connectivity index is 4.57. The Kier molecular flexibility index (Phi) is 7.58. The molecule has 18 heavy (non-hydrogen) atoms. The normalized spacial score (nSPS) is 17.8. The van der Waals surface area contributed by atoms with Gasteiger partial charge in [0.05, 0.1) is 0 Å². The molecule has 0 spiro atoms. The molecule has 6 heteroatoms. The van der Waals surface area contributed by atoms with Crippen LogP contribution in [0.15, 0.2) is 0 Å². The maximum absolute atomic E-state index is 6.41. The van der Waals surface area contributed by atoms with Crippen LogP contribution in [0.25, 0.3) is 0 Å². The van der Waals surface area contributed by atoms with Gasteiger partial charge in [0.15, 0.2) is 0 Å². The van der Waals surface area contributed by atoms with Crippen molar-refractivity contribution in [3.63, 3.8) is 0 Å². The van der Waals surface area contributed by atoms with Gasteiger partial charge in [-0.15, -0.1) is 0 Å². The first-order chi connectivity index (χ1) is 8.23. The van der Waals surface area contributed by atoms with Crippen molar-refractivity contribution >= 4 is 8.80 Å². The molecule has 0 amide bonds. The lowest BCUT2D eigenvalue weighted by atomic mass is 9.86. The van der Waals surface area contributed by atoms with Gasteiger partial charge in [-0.25, -0.2) is 0 Å². The summed E-state index contributed by atoms with van der Waals surface area (Å²) in [5, 5.41) is 0. The highest BCUT2D eigenvalue weighted by molar-refractivity contribution is 6.60. The fourth-order valence-corrected chi connectivity index (χ4v) is 4.04. The lowest BCUT2D eigenvalue weighted by molar-refractivity contribution is 0.111. The van der Waals surface area contributed by atoms with Crippen LogP contribution in [0, 0.1) is 5.92 Å².